The number of methoxy groups -OCH3 is 1. The molecule has 0 aromatic heterocycles. The van der Waals surface area contributed by atoms with Gasteiger partial charge in [-0.1, -0.05) is 34.8 Å². The van der Waals surface area contributed by atoms with Crippen molar-refractivity contribution in [3.8, 4) is 0 Å². The zero-order valence-corrected chi connectivity index (χ0v) is 11.1. The maximum Gasteiger partial charge on any atom is 0.339 e. The van der Waals surface area contributed by atoms with Crippen LogP contribution in [-0.4, -0.2) is 16.9 Å². The van der Waals surface area contributed by atoms with Crippen molar-refractivity contribution in [1.82, 2.24) is 0 Å². The average Bonchev–Trinajstić information content (AvgIpc) is 1.83. The Labute approximate surface area is 101 Å². The maximum absolute atomic E-state index is 11.0. The third-order valence-corrected chi connectivity index (χ3v) is 2.22. The summed E-state index contributed by atoms with van der Waals surface area (Å²) < 4.78 is 2.83. The summed E-state index contributed by atoms with van der Waals surface area (Å²) in [4.78, 5) is 11.0. The number of esters is 1. The van der Waals surface area contributed by atoms with Gasteiger partial charge in [0.1, 0.15) is 5.57 Å². The van der Waals surface area contributed by atoms with Crippen LogP contribution in [0.1, 0.15) is 0 Å². The van der Waals surface area contributed by atoms with Crippen LogP contribution in [0.5, 0.6) is 0 Å². The van der Waals surface area contributed by atoms with Gasteiger partial charge < -0.3 is 4.74 Å². The summed E-state index contributed by atoms with van der Waals surface area (Å²) in [5.41, 5.74) is -0.102. The molecule has 12 heavy (non-hydrogen) atoms. The highest BCUT2D eigenvalue weighted by molar-refractivity contribution is 9.28. The van der Waals surface area contributed by atoms with E-state index in [1.807, 2.05) is 0 Å². The van der Waals surface area contributed by atoms with E-state index in [-0.39, 0.29) is 8.96 Å². The third kappa shape index (κ3) is 3.83. The lowest BCUT2D eigenvalue weighted by molar-refractivity contribution is -0.136. The molecule has 0 rings (SSSR count). The van der Waals surface area contributed by atoms with Gasteiger partial charge in [0.15, 0.2) is 0 Å². The van der Waals surface area contributed by atoms with Gasteiger partial charge in [-0.3, -0.25) is 0 Å². The third-order valence-electron chi connectivity index (χ3n) is 0.862. The zero-order valence-electron chi connectivity index (χ0n) is 5.71. The molecule has 0 amide bonds. The van der Waals surface area contributed by atoms with E-state index >= 15 is 0 Å². The number of ether oxygens (including phenoxy) is 1. The molecule has 0 spiro atoms. The number of hydrogen-bond donors (Lipinski definition) is 0. The Morgan fingerprint density at radius 2 is 1.75 bits per heavy atom. The first-order valence-corrected chi connectivity index (χ1v) is 5.23. The lowest BCUT2D eigenvalue weighted by Crippen LogP contribution is -2.18. The Kier molecular flexibility index (Phi) is 5.49. The lowest BCUT2D eigenvalue weighted by Gasteiger charge is -2.13. The number of alkyl halides is 3. The Hall–Kier alpha value is 1.04. The summed E-state index contributed by atoms with van der Waals surface area (Å²) in [6.45, 7) is 0. The SMILES string of the molecule is COC(=O)C(=C(Br)Br)C(Cl)(Cl)Cl. The molecule has 0 saturated carbocycles. The van der Waals surface area contributed by atoms with Crippen LogP contribution in [0.25, 0.3) is 0 Å². The summed E-state index contributed by atoms with van der Waals surface area (Å²) in [7, 11) is 1.20. The number of hydrogen-bond acceptors (Lipinski definition) is 2. The first-order valence-electron chi connectivity index (χ1n) is 2.51. The van der Waals surface area contributed by atoms with Gasteiger partial charge in [-0.25, -0.2) is 4.79 Å². The van der Waals surface area contributed by atoms with Gasteiger partial charge in [0, 0.05) is 0 Å². The van der Waals surface area contributed by atoms with Gasteiger partial charge in [0.05, 0.1) is 10.5 Å². The van der Waals surface area contributed by atoms with Crippen molar-refractivity contribution in [3.05, 3.63) is 8.96 Å². The van der Waals surface area contributed by atoms with E-state index in [2.05, 4.69) is 36.6 Å². The van der Waals surface area contributed by atoms with Crippen molar-refractivity contribution in [2.24, 2.45) is 0 Å². The molecule has 0 fully saturated rings. The highest BCUT2D eigenvalue weighted by atomic mass is 79.9. The number of halogens is 5. The molecule has 0 radical (unpaired) electrons. The van der Waals surface area contributed by atoms with E-state index in [0.29, 0.717) is 0 Å². The molecule has 0 aliphatic carbocycles. The minimum atomic E-state index is -1.81. The summed E-state index contributed by atoms with van der Waals surface area (Å²) in [5, 5.41) is 0. The smallest absolute Gasteiger partial charge is 0.339 e. The highest BCUT2D eigenvalue weighted by Crippen LogP contribution is 2.40. The van der Waals surface area contributed by atoms with Crippen LogP contribution < -0.4 is 0 Å². The van der Waals surface area contributed by atoms with Crippen molar-refractivity contribution in [3.63, 3.8) is 0 Å². The summed E-state index contributed by atoms with van der Waals surface area (Å²) in [6, 6.07) is 0. The number of carbonyl (C=O) groups is 1. The fourth-order valence-corrected chi connectivity index (χ4v) is 2.52. The molecule has 0 atom stereocenters. The van der Waals surface area contributed by atoms with Crippen LogP contribution in [0.3, 0.4) is 0 Å². The Morgan fingerprint density at radius 3 is 1.83 bits per heavy atom. The molecule has 2 nitrogen and oxygen atoms in total. The minimum Gasteiger partial charge on any atom is -0.465 e. The van der Waals surface area contributed by atoms with Gasteiger partial charge in [-0.2, -0.15) is 0 Å². The average molecular weight is 361 g/mol. The fraction of sp³-hybridized carbons (Fsp3) is 0.400. The van der Waals surface area contributed by atoms with Crippen molar-refractivity contribution >= 4 is 72.6 Å². The Balaban J connectivity index is 4.97. The van der Waals surface area contributed by atoms with E-state index in [1.165, 1.54) is 7.11 Å². The van der Waals surface area contributed by atoms with E-state index in [9.17, 15) is 4.79 Å². The molecule has 0 aromatic rings. The second-order valence-electron chi connectivity index (χ2n) is 1.62. The number of rotatable bonds is 1. The summed E-state index contributed by atoms with van der Waals surface area (Å²) in [6.07, 6.45) is 0. The molecule has 0 unspecified atom stereocenters. The van der Waals surface area contributed by atoms with Gasteiger partial charge in [-0.15, -0.1) is 0 Å². The fourth-order valence-electron chi connectivity index (χ4n) is 0.402. The highest BCUT2D eigenvalue weighted by Gasteiger charge is 2.34. The number of carbonyl (C=O) groups excluding carboxylic acids is 1. The van der Waals surface area contributed by atoms with Crippen LogP contribution in [0, 0.1) is 0 Å². The molecule has 0 aromatic carbocycles. The Morgan fingerprint density at radius 1 is 1.33 bits per heavy atom. The normalized spacial score (nSPS) is 10.8. The molecular formula is C5H3Br2Cl3O2. The van der Waals surface area contributed by atoms with Crippen LogP contribution in [0.4, 0.5) is 0 Å². The van der Waals surface area contributed by atoms with Gasteiger partial charge >= 0.3 is 5.97 Å². The van der Waals surface area contributed by atoms with Crippen LogP contribution >= 0.6 is 66.7 Å². The van der Waals surface area contributed by atoms with E-state index < -0.39 is 9.76 Å². The van der Waals surface area contributed by atoms with Crippen LogP contribution in [-0.2, 0) is 9.53 Å². The van der Waals surface area contributed by atoms with Crippen molar-refractivity contribution in [1.29, 1.82) is 0 Å². The molecule has 0 bridgehead atoms. The van der Waals surface area contributed by atoms with E-state index in [1.54, 1.807) is 0 Å². The van der Waals surface area contributed by atoms with Crippen molar-refractivity contribution < 1.29 is 9.53 Å². The molecular weight excluding hydrogens is 358 g/mol. The van der Waals surface area contributed by atoms with Gasteiger partial charge in [0.2, 0.25) is 3.79 Å². The second kappa shape index (κ2) is 5.05. The predicted octanol–water partition coefficient (Wildman–Crippen LogP) is 3.53. The standard InChI is InChI=1S/C5H3Br2Cl3O2/c1-12-4(11)2(3(6)7)5(8,9)10/h1H3. The zero-order chi connectivity index (χ0) is 9.94. The molecule has 0 aliphatic heterocycles. The van der Waals surface area contributed by atoms with E-state index in [0.717, 1.165) is 0 Å². The van der Waals surface area contributed by atoms with Gasteiger partial charge in [0.25, 0.3) is 0 Å². The maximum atomic E-state index is 11.0. The molecule has 70 valence electrons. The first kappa shape index (κ1) is 13.0. The molecule has 0 heterocycles. The van der Waals surface area contributed by atoms with Gasteiger partial charge in [-0.05, 0) is 31.9 Å². The first-order chi connectivity index (χ1) is 5.30. The predicted molar refractivity (Wildman–Crippen MR) is 57.2 cm³/mol. The quantitative estimate of drug-likeness (QED) is 0.406. The second-order valence-corrected chi connectivity index (χ2v) is 6.56. The topological polar surface area (TPSA) is 26.3 Å². The molecule has 7 heteroatoms. The Bertz CT molecular complexity index is 217. The van der Waals surface area contributed by atoms with Crippen molar-refractivity contribution in [2.75, 3.05) is 7.11 Å². The monoisotopic (exact) mass is 358 g/mol. The molecule has 0 aliphatic rings. The van der Waals surface area contributed by atoms with Crippen molar-refractivity contribution in [2.45, 2.75) is 3.79 Å². The van der Waals surface area contributed by atoms with Crippen LogP contribution in [0.2, 0.25) is 0 Å². The summed E-state index contributed by atoms with van der Waals surface area (Å²) in [5.74, 6) is -0.709. The largest absolute Gasteiger partial charge is 0.465 e. The van der Waals surface area contributed by atoms with E-state index in [4.69, 9.17) is 34.8 Å². The minimum absolute atomic E-state index is 0.102. The summed E-state index contributed by atoms with van der Waals surface area (Å²) >= 11 is 22.4. The molecule has 0 N–H and O–H groups in total. The van der Waals surface area contributed by atoms with Crippen LogP contribution in [0.15, 0.2) is 8.96 Å². The molecule has 0 saturated heterocycles. The lowest BCUT2D eigenvalue weighted by atomic mass is 10.3.